The van der Waals surface area contributed by atoms with E-state index < -0.39 is 5.92 Å². The van der Waals surface area contributed by atoms with Crippen molar-refractivity contribution in [1.29, 1.82) is 0 Å². The first-order valence-electron chi connectivity index (χ1n) is 7.49. The molecule has 20 heavy (non-hydrogen) atoms. The van der Waals surface area contributed by atoms with Crippen LogP contribution in [0.1, 0.15) is 57.8 Å². The highest BCUT2D eigenvalue weighted by Gasteiger charge is 2.34. The smallest absolute Gasteiger partial charge is 0.248 e. The fourth-order valence-electron chi connectivity index (χ4n) is 3.01. The van der Waals surface area contributed by atoms with Gasteiger partial charge in [0, 0.05) is 25.4 Å². The van der Waals surface area contributed by atoms with Crippen molar-refractivity contribution in [3.05, 3.63) is 0 Å². The molecular weight excluding hydrogens is 375 g/mol. The Morgan fingerprint density at radius 3 is 2.30 bits per heavy atom. The van der Waals surface area contributed by atoms with E-state index in [1.54, 1.807) is 0 Å². The molecule has 0 saturated heterocycles. The molecule has 2 aliphatic carbocycles. The zero-order valence-electron chi connectivity index (χ0n) is 11.9. The summed E-state index contributed by atoms with van der Waals surface area (Å²) in [6, 6.07) is 0.452. The van der Waals surface area contributed by atoms with Gasteiger partial charge in [0.25, 0.3) is 0 Å². The standard InChI is InChI=1S/C14H25F2N3.HI/c15-14(16)8-6-11(7-9-14)10-18-13(17)19-12-4-2-1-3-5-12;/h11-12H,1-10H2,(H3,17,18,19);1H. The summed E-state index contributed by atoms with van der Waals surface area (Å²) >= 11 is 0. The van der Waals surface area contributed by atoms with Crippen LogP contribution >= 0.6 is 24.0 Å². The molecule has 2 rings (SSSR count). The average molecular weight is 401 g/mol. The predicted molar refractivity (Wildman–Crippen MR) is 88.8 cm³/mol. The quantitative estimate of drug-likeness (QED) is 0.431. The van der Waals surface area contributed by atoms with Crippen LogP contribution in [0.3, 0.4) is 0 Å². The summed E-state index contributed by atoms with van der Waals surface area (Å²) in [7, 11) is 0. The van der Waals surface area contributed by atoms with Crippen molar-refractivity contribution in [2.24, 2.45) is 16.6 Å². The van der Waals surface area contributed by atoms with Crippen LogP contribution in [0.2, 0.25) is 0 Å². The lowest BCUT2D eigenvalue weighted by Crippen LogP contribution is -2.41. The number of halogens is 3. The molecule has 118 valence electrons. The summed E-state index contributed by atoms with van der Waals surface area (Å²) in [5, 5.41) is 3.25. The molecule has 0 radical (unpaired) electrons. The highest BCUT2D eigenvalue weighted by Crippen LogP contribution is 2.36. The Bertz CT molecular complexity index is 308. The molecule has 0 amide bonds. The first kappa shape index (κ1) is 17.9. The van der Waals surface area contributed by atoms with E-state index in [1.807, 2.05) is 0 Å². The van der Waals surface area contributed by atoms with Crippen LogP contribution in [0, 0.1) is 5.92 Å². The number of hydrogen-bond donors (Lipinski definition) is 2. The van der Waals surface area contributed by atoms with Gasteiger partial charge in [-0.25, -0.2) is 8.78 Å². The predicted octanol–water partition coefficient (Wildman–Crippen LogP) is 3.67. The van der Waals surface area contributed by atoms with Crippen LogP contribution in [0.15, 0.2) is 4.99 Å². The van der Waals surface area contributed by atoms with Gasteiger partial charge in [-0.3, -0.25) is 4.99 Å². The Balaban J connectivity index is 0.00000200. The van der Waals surface area contributed by atoms with Gasteiger partial charge in [-0.2, -0.15) is 0 Å². The van der Waals surface area contributed by atoms with Gasteiger partial charge < -0.3 is 11.1 Å². The van der Waals surface area contributed by atoms with E-state index in [-0.39, 0.29) is 42.7 Å². The third kappa shape index (κ3) is 6.10. The molecule has 0 aromatic carbocycles. The molecule has 3 N–H and O–H groups in total. The number of alkyl halides is 2. The van der Waals surface area contributed by atoms with E-state index in [9.17, 15) is 8.78 Å². The summed E-state index contributed by atoms with van der Waals surface area (Å²) in [4.78, 5) is 4.33. The average Bonchev–Trinajstić information content (AvgIpc) is 2.39. The third-order valence-corrected chi connectivity index (χ3v) is 4.31. The monoisotopic (exact) mass is 401 g/mol. The first-order chi connectivity index (χ1) is 9.05. The van der Waals surface area contributed by atoms with Gasteiger partial charge in [0.2, 0.25) is 5.92 Å². The van der Waals surface area contributed by atoms with Crippen LogP contribution < -0.4 is 11.1 Å². The van der Waals surface area contributed by atoms with Crippen LogP contribution in [0.4, 0.5) is 8.78 Å². The Morgan fingerprint density at radius 1 is 1.10 bits per heavy atom. The van der Waals surface area contributed by atoms with Crippen LogP contribution in [-0.2, 0) is 0 Å². The Kier molecular flexibility index (Phi) is 7.47. The van der Waals surface area contributed by atoms with E-state index in [2.05, 4.69) is 10.3 Å². The molecule has 2 saturated carbocycles. The maximum atomic E-state index is 13.0. The maximum absolute atomic E-state index is 13.0. The SMILES string of the molecule is I.NC(=NCC1CCC(F)(F)CC1)NC1CCCCC1. The minimum Gasteiger partial charge on any atom is -0.370 e. The van der Waals surface area contributed by atoms with E-state index in [0.717, 1.165) is 12.8 Å². The lowest BCUT2D eigenvalue weighted by Gasteiger charge is -2.27. The van der Waals surface area contributed by atoms with Crippen molar-refractivity contribution in [2.75, 3.05) is 6.54 Å². The second kappa shape index (κ2) is 8.34. The lowest BCUT2D eigenvalue weighted by atomic mass is 9.87. The maximum Gasteiger partial charge on any atom is 0.248 e. The fourth-order valence-corrected chi connectivity index (χ4v) is 3.01. The number of rotatable bonds is 3. The number of nitrogens with two attached hydrogens (primary N) is 1. The van der Waals surface area contributed by atoms with E-state index in [1.165, 1.54) is 19.3 Å². The second-order valence-corrected chi connectivity index (χ2v) is 6.00. The van der Waals surface area contributed by atoms with Gasteiger partial charge in [-0.05, 0) is 31.6 Å². The lowest BCUT2D eigenvalue weighted by molar-refractivity contribution is -0.0446. The van der Waals surface area contributed by atoms with Gasteiger partial charge >= 0.3 is 0 Å². The van der Waals surface area contributed by atoms with Crippen molar-refractivity contribution in [2.45, 2.75) is 69.8 Å². The fraction of sp³-hybridized carbons (Fsp3) is 0.929. The molecular formula is C14H26F2IN3. The second-order valence-electron chi connectivity index (χ2n) is 6.00. The molecule has 0 heterocycles. The number of guanidine groups is 1. The third-order valence-electron chi connectivity index (χ3n) is 4.31. The van der Waals surface area contributed by atoms with Crippen molar-refractivity contribution >= 4 is 29.9 Å². The van der Waals surface area contributed by atoms with Crippen molar-refractivity contribution in [1.82, 2.24) is 5.32 Å². The molecule has 0 atom stereocenters. The molecule has 0 aromatic heterocycles. The summed E-state index contributed by atoms with van der Waals surface area (Å²) in [6.45, 7) is 0.585. The van der Waals surface area contributed by atoms with Crippen molar-refractivity contribution in [3.63, 3.8) is 0 Å². The van der Waals surface area contributed by atoms with Gasteiger partial charge in [0.15, 0.2) is 5.96 Å². The number of nitrogens with zero attached hydrogens (tertiary/aromatic N) is 1. The molecule has 3 nitrogen and oxygen atoms in total. The summed E-state index contributed by atoms with van der Waals surface area (Å²) in [5.74, 6) is -1.69. The van der Waals surface area contributed by atoms with Crippen LogP contribution in [-0.4, -0.2) is 24.5 Å². The molecule has 0 unspecified atom stereocenters. The van der Waals surface area contributed by atoms with Gasteiger partial charge in [0.05, 0.1) is 0 Å². The van der Waals surface area contributed by atoms with E-state index >= 15 is 0 Å². The molecule has 6 heteroatoms. The van der Waals surface area contributed by atoms with Crippen molar-refractivity contribution in [3.8, 4) is 0 Å². The molecule has 0 bridgehead atoms. The topological polar surface area (TPSA) is 50.4 Å². The Hall–Kier alpha value is -0.140. The zero-order chi connectivity index (χ0) is 13.7. The highest BCUT2D eigenvalue weighted by atomic mass is 127. The highest BCUT2D eigenvalue weighted by molar-refractivity contribution is 14.0. The van der Waals surface area contributed by atoms with E-state index in [4.69, 9.17) is 5.73 Å². The van der Waals surface area contributed by atoms with Gasteiger partial charge in [-0.15, -0.1) is 24.0 Å². The Labute approximate surface area is 137 Å². The molecule has 0 aliphatic heterocycles. The first-order valence-corrected chi connectivity index (χ1v) is 7.49. The summed E-state index contributed by atoms with van der Waals surface area (Å²) < 4.78 is 26.0. The van der Waals surface area contributed by atoms with Gasteiger partial charge in [0.1, 0.15) is 0 Å². The molecule has 0 spiro atoms. The summed E-state index contributed by atoms with van der Waals surface area (Å²) in [6.07, 6.45) is 7.27. The number of aliphatic imine (C=N–C) groups is 1. The Morgan fingerprint density at radius 2 is 1.70 bits per heavy atom. The van der Waals surface area contributed by atoms with Crippen molar-refractivity contribution < 1.29 is 8.78 Å². The zero-order valence-corrected chi connectivity index (χ0v) is 14.2. The number of nitrogens with one attached hydrogen (secondary N) is 1. The molecule has 0 aromatic rings. The normalized spacial score (nSPS) is 25.0. The minimum absolute atomic E-state index is 0. The van der Waals surface area contributed by atoms with Crippen LogP contribution in [0.25, 0.3) is 0 Å². The van der Waals surface area contributed by atoms with Gasteiger partial charge in [-0.1, -0.05) is 19.3 Å². The molecule has 2 fully saturated rings. The number of hydrogen-bond acceptors (Lipinski definition) is 1. The minimum atomic E-state index is -2.45. The largest absolute Gasteiger partial charge is 0.370 e. The summed E-state index contributed by atoms with van der Waals surface area (Å²) in [5.41, 5.74) is 5.87. The van der Waals surface area contributed by atoms with Crippen LogP contribution in [0.5, 0.6) is 0 Å². The van der Waals surface area contributed by atoms with E-state index in [0.29, 0.717) is 31.4 Å². The molecule has 2 aliphatic rings.